The largest absolute Gasteiger partial charge is 0.497 e. The number of aromatic nitrogens is 2. The van der Waals surface area contributed by atoms with Gasteiger partial charge in [0.15, 0.2) is 0 Å². The molecule has 152 valence electrons. The fraction of sp³-hybridized carbons (Fsp3) is 0.474. The minimum Gasteiger partial charge on any atom is -0.497 e. The van der Waals surface area contributed by atoms with Crippen LogP contribution in [-0.4, -0.2) is 43.9 Å². The Hall–Kier alpha value is -2.39. The van der Waals surface area contributed by atoms with Crippen LogP contribution in [0.3, 0.4) is 0 Å². The van der Waals surface area contributed by atoms with Gasteiger partial charge in [0, 0.05) is 19.4 Å². The highest BCUT2D eigenvalue weighted by Crippen LogP contribution is 2.43. The lowest BCUT2D eigenvalue weighted by molar-refractivity contribution is -0.156. The number of ether oxygens (including phenoxy) is 2. The van der Waals surface area contributed by atoms with Crippen LogP contribution >= 0.6 is 0 Å². The highest BCUT2D eigenvalue weighted by atomic mass is 32.2. The molecular formula is C19H25N3O5S. The number of sulfonamides is 1. The third-order valence-electron chi connectivity index (χ3n) is 5.26. The van der Waals surface area contributed by atoms with E-state index in [1.165, 1.54) is 7.11 Å². The number of hydrogen-bond donors (Lipinski definition) is 1. The zero-order chi connectivity index (χ0) is 20.4. The molecule has 1 saturated carbocycles. The molecule has 0 unspecified atom stereocenters. The summed E-state index contributed by atoms with van der Waals surface area (Å²) in [4.78, 5) is 16.5. The molecule has 1 aromatic heterocycles. The minimum absolute atomic E-state index is 0.302. The molecule has 28 heavy (non-hydrogen) atoms. The van der Waals surface area contributed by atoms with Crippen LogP contribution in [-0.2, 0) is 26.6 Å². The van der Waals surface area contributed by atoms with Crippen molar-refractivity contribution in [1.82, 2.24) is 14.3 Å². The van der Waals surface area contributed by atoms with Gasteiger partial charge in [0.2, 0.25) is 10.0 Å². The van der Waals surface area contributed by atoms with Crippen molar-refractivity contribution >= 4 is 16.0 Å². The van der Waals surface area contributed by atoms with E-state index in [1.807, 2.05) is 0 Å². The van der Waals surface area contributed by atoms with E-state index >= 15 is 0 Å². The van der Waals surface area contributed by atoms with Gasteiger partial charge in [-0.1, -0.05) is 18.6 Å². The quantitative estimate of drug-likeness (QED) is 0.670. The van der Waals surface area contributed by atoms with Gasteiger partial charge in [-0.25, -0.2) is 18.1 Å². The van der Waals surface area contributed by atoms with Crippen LogP contribution in [0.15, 0.2) is 36.7 Å². The second-order valence-corrected chi connectivity index (χ2v) is 8.86. The maximum absolute atomic E-state index is 13.0. The molecule has 1 aromatic carbocycles. The molecule has 0 aliphatic heterocycles. The predicted molar refractivity (Wildman–Crippen MR) is 103 cm³/mol. The monoisotopic (exact) mass is 407 g/mol. The number of benzene rings is 1. The highest BCUT2D eigenvalue weighted by molar-refractivity contribution is 7.89. The lowest BCUT2D eigenvalue weighted by Crippen LogP contribution is -2.48. The first-order chi connectivity index (χ1) is 13.3. The zero-order valence-corrected chi connectivity index (χ0v) is 17.0. The number of carbonyl (C=O) groups is 1. The van der Waals surface area contributed by atoms with Crippen molar-refractivity contribution < 1.29 is 22.7 Å². The van der Waals surface area contributed by atoms with Crippen LogP contribution in [0.5, 0.6) is 5.75 Å². The number of nitrogens with one attached hydrogen (secondary N) is 1. The number of hydrogen-bond acceptors (Lipinski definition) is 6. The van der Waals surface area contributed by atoms with Crippen molar-refractivity contribution in [3.05, 3.63) is 48.0 Å². The summed E-state index contributed by atoms with van der Waals surface area (Å²) in [5, 5.41) is 0. The molecule has 1 fully saturated rings. The Labute approximate surface area is 164 Å². The molecule has 0 saturated heterocycles. The van der Waals surface area contributed by atoms with E-state index in [2.05, 4.69) is 9.71 Å². The van der Waals surface area contributed by atoms with Gasteiger partial charge in [-0.05, 0) is 30.5 Å². The van der Waals surface area contributed by atoms with E-state index in [1.54, 1.807) is 55.4 Å². The number of aryl methyl sites for hydroxylation is 1. The van der Waals surface area contributed by atoms with E-state index in [0.29, 0.717) is 24.4 Å². The van der Waals surface area contributed by atoms with Crippen LogP contribution in [0, 0.1) is 5.41 Å². The van der Waals surface area contributed by atoms with E-state index in [4.69, 9.17) is 9.47 Å². The normalized spacial score (nSPS) is 16.8. The number of methoxy groups -OCH3 is 2. The number of imidazole rings is 1. The van der Waals surface area contributed by atoms with Gasteiger partial charge in [-0.2, -0.15) is 0 Å². The summed E-state index contributed by atoms with van der Waals surface area (Å²) in [6.45, 7) is 0. The van der Waals surface area contributed by atoms with Crippen molar-refractivity contribution in [2.24, 2.45) is 12.5 Å². The molecule has 8 nitrogen and oxygen atoms in total. The van der Waals surface area contributed by atoms with Crippen LogP contribution in [0.2, 0.25) is 0 Å². The summed E-state index contributed by atoms with van der Waals surface area (Å²) in [6, 6.07) is 6.43. The average Bonchev–Trinajstić information content (AvgIpc) is 3.08. The Balaban J connectivity index is 1.90. The first kappa shape index (κ1) is 20.3. The second kappa shape index (κ2) is 7.92. The zero-order valence-electron chi connectivity index (χ0n) is 16.2. The summed E-state index contributed by atoms with van der Waals surface area (Å²) < 4.78 is 40.5. The van der Waals surface area contributed by atoms with Crippen molar-refractivity contribution in [3.8, 4) is 5.75 Å². The first-order valence-corrected chi connectivity index (χ1v) is 10.6. The predicted octanol–water partition coefficient (Wildman–Crippen LogP) is 1.78. The average molecular weight is 407 g/mol. The van der Waals surface area contributed by atoms with E-state index in [9.17, 15) is 13.2 Å². The van der Waals surface area contributed by atoms with Crippen molar-refractivity contribution in [2.45, 2.75) is 25.3 Å². The Bertz CT molecular complexity index is 933. The summed E-state index contributed by atoms with van der Waals surface area (Å²) in [7, 11) is 0.861. The maximum Gasteiger partial charge on any atom is 0.312 e. The van der Waals surface area contributed by atoms with Crippen molar-refractivity contribution in [1.29, 1.82) is 0 Å². The first-order valence-electron chi connectivity index (χ1n) is 9.00. The second-order valence-electron chi connectivity index (χ2n) is 7.10. The summed E-state index contributed by atoms with van der Waals surface area (Å²) in [5.41, 5.74) is -0.244. The topological polar surface area (TPSA) is 99.5 Å². The Morgan fingerprint density at radius 1 is 1.29 bits per heavy atom. The number of nitrogens with zero attached hydrogens (tertiary/aromatic N) is 2. The number of esters is 1. The molecule has 1 atom stereocenters. The molecule has 2 aromatic rings. The van der Waals surface area contributed by atoms with Crippen LogP contribution in [0.1, 0.15) is 36.7 Å². The van der Waals surface area contributed by atoms with Crippen molar-refractivity contribution in [2.75, 3.05) is 20.0 Å². The van der Waals surface area contributed by atoms with Crippen molar-refractivity contribution in [3.63, 3.8) is 0 Å². The summed E-state index contributed by atoms with van der Waals surface area (Å²) in [6.07, 6.45) is 5.20. The van der Waals surface area contributed by atoms with Gasteiger partial charge >= 0.3 is 5.97 Å². The molecule has 9 heteroatoms. The van der Waals surface area contributed by atoms with Crippen LogP contribution < -0.4 is 9.46 Å². The highest BCUT2D eigenvalue weighted by Gasteiger charge is 2.49. The molecule has 0 bridgehead atoms. The van der Waals surface area contributed by atoms with Gasteiger partial charge in [0.25, 0.3) is 0 Å². The minimum atomic E-state index is -3.80. The molecule has 0 spiro atoms. The SMILES string of the molecule is COC(=O)C1(CS(=O)(=O)N[C@@H](c2ccc(OC)cc2)c2nccn2C)CCC1. The van der Waals surface area contributed by atoms with Gasteiger partial charge in [0.1, 0.15) is 17.6 Å². The van der Waals surface area contributed by atoms with E-state index in [-0.39, 0.29) is 5.75 Å². The van der Waals surface area contributed by atoms with E-state index < -0.39 is 27.4 Å². The molecular weight excluding hydrogens is 382 g/mol. The molecule has 1 aliphatic rings. The van der Waals surface area contributed by atoms with Gasteiger partial charge < -0.3 is 14.0 Å². The number of rotatable bonds is 8. The van der Waals surface area contributed by atoms with Crippen LogP contribution in [0.4, 0.5) is 0 Å². The fourth-order valence-electron chi connectivity index (χ4n) is 3.53. The molecule has 0 amide bonds. The maximum atomic E-state index is 13.0. The third-order valence-corrected chi connectivity index (χ3v) is 6.79. The molecule has 1 N–H and O–H groups in total. The third kappa shape index (κ3) is 4.05. The Kier molecular flexibility index (Phi) is 5.76. The molecule has 0 radical (unpaired) electrons. The van der Waals surface area contributed by atoms with Gasteiger partial charge in [-0.3, -0.25) is 4.79 Å². The summed E-state index contributed by atoms with van der Waals surface area (Å²) in [5.74, 6) is 0.449. The van der Waals surface area contributed by atoms with Gasteiger partial charge in [0.05, 0.1) is 25.4 Å². The van der Waals surface area contributed by atoms with Crippen LogP contribution in [0.25, 0.3) is 0 Å². The Morgan fingerprint density at radius 3 is 2.43 bits per heavy atom. The molecule has 1 aliphatic carbocycles. The lowest BCUT2D eigenvalue weighted by Gasteiger charge is -2.38. The Morgan fingerprint density at radius 2 is 1.96 bits per heavy atom. The van der Waals surface area contributed by atoms with E-state index in [0.717, 1.165) is 12.0 Å². The number of carbonyl (C=O) groups excluding carboxylic acids is 1. The van der Waals surface area contributed by atoms with Gasteiger partial charge in [-0.15, -0.1) is 0 Å². The fourth-order valence-corrected chi connectivity index (χ4v) is 5.35. The molecule has 1 heterocycles. The standard InChI is InChI=1S/C19H25N3O5S/c1-22-12-11-20-17(22)16(14-5-7-15(26-2)8-6-14)21-28(24,25)13-19(9-4-10-19)18(23)27-3/h5-8,11-12,16,21H,4,9-10,13H2,1-3H3/t16-/m0/s1. The summed E-state index contributed by atoms with van der Waals surface area (Å²) >= 11 is 0. The lowest BCUT2D eigenvalue weighted by atomic mass is 9.70. The smallest absolute Gasteiger partial charge is 0.312 e. The molecule has 3 rings (SSSR count).